The van der Waals surface area contributed by atoms with Crippen molar-refractivity contribution in [3.05, 3.63) is 18.5 Å². The van der Waals surface area contributed by atoms with Gasteiger partial charge in [0.15, 0.2) is 0 Å². The summed E-state index contributed by atoms with van der Waals surface area (Å²) in [5.74, 6) is 0.0370. The summed E-state index contributed by atoms with van der Waals surface area (Å²) in [5, 5.41) is 10.0. The predicted molar refractivity (Wildman–Crippen MR) is 20.2 cm³/mol. The zero-order valence-corrected chi connectivity index (χ0v) is 7.26. The molecule has 0 spiro atoms. The van der Waals surface area contributed by atoms with Gasteiger partial charge in [0.25, 0.3) is 0 Å². The van der Waals surface area contributed by atoms with Gasteiger partial charge in [-0.1, -0.05) is 11.8 Å². The number of hydrogen-bond acceptors (Lipinski definition) is 1. The molecule has 0 aliphatic heterocycles. The summed E-state index contributed by atoms with van der Waals surface area (Å²) < 4.78 is 0. The summed E-state index contributed by atoms with van der Waals surface area (Å²) in [6, 6.07) is 1.47. The van der Waals surface area contributed by atoms with Crippen LogP contribution in [0.2, 0.25) is 0 Å². The van der Waals surface area contributed by atoms with Gasteiger partial charge < -0.3 is 10.1 Å². The molecule has 1 aromatic rings. The van der Waals surface area contributed by atoms with Crippen LogP contribution in [0, 0.1) is 0 Å². The molecule has 0 amide bonds. The molecule has 2 nitrogen and oxygen atoms in total. The van der Waals surface area contributed by atoms with E-state index in [9.17, 15) is 5.11 Å². The molecular formula is C4H4KNO. The topological polar surface area (TPSA) is 38.8 Å². The summed E-state index contributed by atoms with van der Waals surface area (Å²) in [6.07, 6.45) is 3.00. The fraction of sp³-hybridized carbons (Fsp3) is 0. The van der Waals surface area contributed by atoms with Crippen molar-refractivity contribution in [2.24, 2.45) is 0 Å². The van der Waals surface area contributed by atoms with Crippen LogP contribution in [-0.2, 0) is 0 Å². The van der Waals surface area contributed by atoms with Crippen molar-refractivity contribution in [2.75, 3.05) is 0 Å². The molecule has 1 aromatic heterocycles. The van der Waals surface area contributed by atoms with E-state index in [4.69, 9.17) is 0 Å². The molecule has 1 N–H and O–H groups in total. The van der Waals surface area contributed by atoms with Crippen LogP contribution < -0.4 is 56.5 Å². The average Bonchev–Trinajstić information content (AvgIpc) is 1.86. The first-order valence-electron chi connectivity index (χ1n) is 1.69. The molecule has 0 saturated heterocycles. The van der Waals surface area contributed by atoms with Gasteiger partial charge in [0.05, 0.1) is 0 Å². The maximum absolute atomic E-state index is 10.0. The van der Waals surface area contributed by atoms with E-state index >= 15 is 0 Å². The minimum Gasteiger partial charge on any atom is -0.871 e. The van der Waals surface area contributed by atoms with Gasteiger partial charge in [-0.05, 0) is 12.4 Å². The Morgan fingerprint density at radius 1 is 1.57 bits per heavy atom. The summed E-state index contributed by atoms with van der Waals surface area (Å²) >= 11 is 0. The van der Waals surface area contributed by atoms with Crippen LogP contribution in [0.25, 0.3) is 0 Å². The van der Waals surface area contributed by atoms with Crippen molar-refractivity contribution in [3.8, 4) is 5.75 Å². The second-order valence-corrected chi connectivity index (χ2v) is 1.05. The van der Waals surface area contributed by atoms with Crippen LogP contribution in [0.3, 0.4) is 0 Å². The summed E-state index contributed by atoms with van der Waals surface area (Å²) in [7, 11) is 0. The van der Waals surface area contributed by atoms with Gasteiger partial charge >= 0.3 is 51.4 Å². The van der Waals surface area contributed by atoms with E-state index in [0.717, 1.165) is 0 Å². The van der Waals surface area contributed by atoms with Crippen molar-refractivity contribution < 1.29 is 56.5 Å². The van der Waals surface area contributed by atoms with Crippen LogP contribution in [0.1, 0.15) is 0 Å². The van der Waals surface area contributed by atoms with E-state index in [1.165, 1.54) is 12.3 Å². The second-order valence-electron chi connectivity index (χ2n) is 1.05. The first-order valence-corrected chi connectivity index (χ1v) is 1.69. The van der Waals surface area contributed by atoms with Crippen LogP contribution >= 0.6 is 0 Å². The minimum atomic E-state index is 0. The molecule has 0 aliphatic rings. The maximum Gasteiger partial charge on any atom is 1.00 e. The number of aromatic amines is 1. The normalized spacial score (nSPS) is 7.43. The van der Waals surface area contributed by atoms with Crippen LogP contribution in [0.4, 0.5) is 0 Å². The van der Waals surface area contributed by atoms with Gasteiger partial charge in [-0.15, -0.1) is 0 Å². The van der Waals surface area contributed by atoms with E-state index in [1.807, 2.05) is 0 Å². The molecule has 0 aliphatic carbocycles. The molecule has 1 rings (SSSR count). The first-order chi connectivity index (χ1) is 2.89. The Kier molecular flexibility index (Phi) is 4.06. The number of rotatable bonds is 0. The largest absolute Gasteiger partial charge is 1.00 e. The van der Waals surface area contributed by atoms with Crippen molar-refractivity contribution >= 4 is 0 Å². The van der Waals surface area contributed by atoms with Gasteiger partial charge in [-0.2, -0.15) is 0 Å². The molecule has 0 fully saturated rings. The van der Waals surface area contributed by atoms with E-state index in [1.54, 1.807) is 6.20 Å². The Morgan fingerprint density at radius 3 is 2.43 bits per heavy atom. The summed E-state index contributed by atoms with van der Waals surface area (Å²) in [5.41, 5.74) is 0. The molecule has 7 heavy (non-hydrogen) atoms. The summed E-state index contributed by atoms with van der Waals surface area (Å²) in [4.78, 5) is 2.62. The van der Waals surface area contributed by atoms with E-state index in [2.05, 4.69) is 4.98 Å². The van der Waals surface area contributed by atoms with Crippen molar-refractivity contribution in [1.29, 1.82) is 0 Å². The Morgan fingerprint density at radius 2 is 2.29 bits per heavy atom. The van der Waals surface area contributed by atoms with Gasteiger partial charge in [-0.3, -0.25) is 0 Å². The Labute approximate surface area is 84.4 Å². The molecule has 0 unspecified atom stereocenters. The fourth-order valence-corrected chi connectivity index (χ4v) is 0.309. The SMILES string of the molecule is [K+].[O-]c1cc[nH]c1. The fourth-order valence-electron chi connectivity index (χ4n) is 0.309. The van der Waals surface area contributed by atoms with Crippen molar-refractivity contribution in [3.63, 3.8) is 0 Å². The molecule has 0 saturated carbocycles. The smallest absolute Gasteiger partial charge is 0.871 e. The molecule has 0 atom stereocenters. The Hall–Kier alpha value is 0.716. The molecule has 3 heteroatoms. The van der Waals surface area contributed by atoms with Gasteiger partial charge in [-0.25, -0.2) is 0 Å². The van der Waals surface area contributed by atoms with Crippen LogP contribution in [0.5, 0.6) is 5.75 Å². The molecule has 0 radical (unpaired) electrons. The standard InChI is InChI=1S/C4H5NO.K/c6-4-1-2-5-3-4;/h1-3,5-6H;/q;+1/p-1. The Bertz CT molecular complexity index is 115. The van der Waals surface area contributed by atoms with E-state index in [0.29, 0.717) is 0 Å². The summed E-state index contributed by atoms with van der Waals surface area (Å²) in [6.45, 7) is 0. The van der Waals surface area contributed by atoms with Gasteiger partial charge in [0.1, 0.15) is 0 Å². The third-order valence-electron chi connectivity index (χ3n) is 0.569. The monoisotopic (exact) mass is 121 g/mol. The average molecular weight is 121 g/mol. The van der Waals surface area contributed by atoms with Gasteiger partial charge in [0, 0.05) is 0 Å². The molecule has 0 bridgehead atoms. The molecule has 0 aromatic carbocycles. The van der Waals surface area contributed by atoms with Crippen LogP contribution in [0.15, 0.2) is 18.5 Å². The maximum atomic E-state index is 10.0. The quantitative estimate of drug-likeness (QED) is 0.367. The van der Waals surface area contributed by atoms with E-state index < -0.39 is 0 Å². The first kappa shape index (κ1) is 7.72. The zero-order chi connectivity index (χ0) is 4.41. The number of hydrogen-bond donors (Lipinski definition) is 1. The number of aromatic nitrogens is 1. The molecule has 32 valence electrons. The van der Waals surface area contributed by atoms with Gasteiger partial charge in [0.2, 0.25) is 0 Å². The third kappa shape index (κ3) is 2.51. The van der Waals surface area contributed by atoms with Crippen molar-refractivity contribution in [2.45, 2.75) is 0 Å². The zero-order valence-electron chi connectivity index (χ0n) is 4.14. The van der Waals surface area contributed by atoms with Crippen LogP contribution in [-0.4, -0.2) is 4.98 Å². The molecule has 1 heterocycles. The second kappa shape index (κ2) is 3.69. The molecular weight excluding hydrogens is 117 g/mol. The number of nitrogens with one attached hydrogen (secondary N) is 1. The predicted octanol–water partition coefficient (Wildman–Crippen LogP) is -2.91. The minimum absolute atomic E-state index is 0. The third-order valence-corrected chi connectivity index (χ3v) is 0.569. The Balaban J connectivity index is 0.000000360. The number of H-pyrrole nitrogens is 1. The van der Waals surface area contributed by atoms with E-state index in [-0.39, 0.29) is 57.1 Å². The van der Waals surface area contributed by atoms with Crippen molar-refractivity contribution in [1.82, 2.24) is 4.98 Å².